The van der Waals surface area contributed by atoms with E-state index in [4.69, 9.17) is 0 Å². The number of nitrogens with zero attached hydrogens (tertiary/aromatic N) is 1. The van der Waals surface area contributed by atoms with Crippen LogP contribution in [-0.2, 0) is 11.8 Å². The van der Waals surface area contributed by atoms with Gasteiger partial charge in [0.1, 0.15) is 0 Å². The van der Waals surface area contributed by atoms with Crippen LogP contribution in [0.3, 0.4) is 0 Å². The van der Waals surface area contributed by atoms with Gasteiger partial charge in [0.2, 0.25) is 0 Å². The molecule has 5 rings (SSSR count). The zero-order chi connectivity index (χ0) is 16.7. The van der Waals surface area contributed by atoms with E-state index in [1.807, 2.05) is 0 Å². The maximum Gasteiger partial charge on any atom is 0.000988 e. The van der Waals surface area contributed by atoms with Gasteiger partial charge in [-0.05, 0) is 105 Å². The number of allylic oxidation sites excluding steroid dienone is 2. The summed E-state index contributed by atoms with van der Waals surface area (Å²) in [5.74, 6) is 2.84. The van der Waals surface area contributed by atoms with E-state index in [9.17, 15) is 0 Å². The monoisotopic (exact) mass is 335 g/mol. The summed E-state index contributed by atoms with van der Waals surface area (Å²) >= 11 is 0. The summed E-state index contributed by atoms with van der Waals surface area (Å²) < 4.78 is 0. The largest absolute Gasteiger partial charge is 0.303 e. The first-order chi connectivity index (χ1) is 12.3. The minimum absolute atomic E-state index is 0.524. The van der Waals surface area contributed by atoms with E-state index in [0.717, 1.165) is 17.8 Å². The van der Waals surface area contributed by atoms with Crippen LogP contribution in [0.4, 0.5) is 0 Å². The van der Waals surface area contributed by atoms with Gasteiger partial charge in [0.15, 0.2) is 0 Å². The molecule has 1 aromatic rings. The van der Waals surface area contributed by atoms with Crippen LogP contribution in [0.1, 0.15) is 62.5 Å². The second kappa shape index (κ2) is 6.58. The van der Waals surface area contributed by atoms with Crippen molar-refractivity contribution >= 4 is 0 Å². The maximum atomic E-state index is 2.82. The maximum absolute atomic E-state index is 2.82. The molecular weight excluding hydrogens is 302 g/mol. The minimum atomic E-state index is 0.524. The first-order valence-electron chi connectivity index (χ1n) is 10.8. The highest BCUT2D eigenvalue weighted by atomic mass is 15.1. The van der Waals surface area contributed by atoms with Gasteiger partial charge in [0, 0.05) is 6.54 Å². The fraction of sp³-hybridized carbons (Fsp3) is 0.667. The molecule has 1 heteroatoms. The Labute approximate surface area is 153 Å². The number of rotatable bonds is 2. The summed E-state index contributed by atoms with van der Waals surface area (Å²) in [6.07, 6.45) is 17.8. The molecule has 134 valence electrons. The highest BCUT2D eigenvalue weighted by Crippen LogP contribution is 2.46. The number of hydrogen-bond donors (Lipinski definition) is 0. The van der Waals surface area contributed by atoms with Crippen LogP contribution in [0.2, 0.25) is 0 Å². The van der Waals surface area contributed by atoms with Crippen molar-refractivity contribution in [1.82, 2.24) is 4.90 Å². The van der Waals surface area contributed by atoms with Crippen molar-refractivity contribution in [3.05, 3.63) is 47.5 Å². The van der Waals surface area contributed by atoms with Crippen LogP contribution in [-0.4, -0.2) is 24.5 Å². The molecule has 0 radical (unpaired) electrons. The van der Waals surface area contributed by atoms with Crippen molar-refractivity contribution in [3.8, 4) is 0 Å². The molecule has 25 heavy (non-hydrogen) atoms. The van der Waals surface area contributed by atoms with Crippen LogP contribution in [0, 0.1) is 17.8 Å². The lowest BCUT2D eigenvalue weighted by Gasteiger charge is -2.41. The van der Waals surface area contributed by atoms with Gasteiger partial charge < -0.3 is 4.90 Å². The Morgan fingerprint density at radius 2 is 1.88 bits per heavy atom. The second-order valence-corrected chi connectivity index (χ2v) is 9.44. The third-order valence-corrected chi connectivity index (χ3v) is 7.92. The van der Waals surface area contributed by atoms with E-state index in [2.05, 4.69) is 41.3 Å². The molecule has 3 atom stereocenters. The molecule has 1 aromatic carbocycles. The molecule has 1 spiro atoms. The second-order valence-electron chi connectivity index (χ2n) is 9.44. The van der Waals surface area contributed by atoms with E-state index in [0.29, 0.717) is 5.41 Å². The molecule has 3 aliphatic carbocycles. The quantitative estimate of drug-likeness (QED) is 0.659. The Hall–Kier alpha value is -1.08. The third kappa shape index (κ3) is 3.10. The summed E-state index contributed by atoms with van der Waals surface area (Å²) in [7, 11) is 0. The molecular formula is C24H33N. The van der Waals surface area contributed by atoms with E-state index >= 15 is 0 Å². The Balaban J connectivity index is 1.21. The molecule has 0 unspecified atom stereocenters. The van der Waals surface area contributed by atoms with Crippen molar-refractivity contribution in [3.63, 3.8) is 0 Å². The van der Waals surface area contributed by atoms with E-state index in [-0.39, 0.29) is 0 Å². The molecule has 1 saturated heterocycles. The first kappa shape index (κ1) is 16.1. The zero-order valence-corrected chi connectivity index (χ0v) is 15.6. The molecule has 2 bridgehead atoms. The molecule has 4 aliphatic rings. The lowest BCUT2D eigenvalue weighted by Crippen LogP contribution is -2.43. The van der Waals surface area contributed by atoms with Crippen LogP contribution >= 0.6 is 0 Å². The fourth-order valence-corrected chi connectivity index (χ4v) is 6.47. The number of benzene rings is 1. The minimum Gasteiger partial charge on any atom is -0.303 e. The van der Waals surface area contributed by atoms with E-state index in [1.54, 1.807) is 11.1 Å². The number of hydrogen-bond acceptors (Lipinski definition) is 1. The molecule has 1 nitrogen and oxygen atoms in total. The summed E-state index contributed by atoms with van der Waals surface area (Å²) in [5.41, 5.74) is 3.86. The van der Waals surface area contributed by atoms with Gasteiger partial charge >= 0.3 is 0 Å². The van der Waals surface area contributed by atoms with Gasteiger partial charge in [-0.3, -0.25) is 0 Å². The molecule has 1 aliphatic heterocycles. The molecule has 0 N–H and O–H groups in total. The Kier molecular flexibility index (Phi) is 4.24. The normalized spacial score (nSPS) is 34.0. The Bertz CT molecular complexity index is 637. The van der Waals surface area contributed by atoms with Crippen molar-refractivity contribution < 1.29 is 0 Å². The lowest BCUT2D eigenvalue weighted by molar-refractivity contribution is 0.133. The summed E-state index contributed by atoms with van der Waals surface area (Å²) in [5, 5.41) is 0. The number of likely N-dealkylation sites (tertiary alicyclic amines) is 1. The summed E-state index contributed by atoms with van der Waals surface area (Å²) in [6, 6.07) is 9.28. The highest BCUT2D eigenvalue weighted by Gasteiger charge is 2.41. The van der Waals surface area contributed by atoms with Crippen LogP contribution in [0.5, 0.6) is 0 Å². The van der Waals surface area contributed by atoms with Gasteiger partial charge in [-0.25, -0.2) is 0 Å². The number of piperidine rings is 1. The number of aryl methyl sites for hydroxylation is 1. The van der Waals surface area contributed by atoms with E-state index in [1.165, 1.54) is 77.4 Å². The summed E-state index contributed by atoms with van der Waals surface area (Å²) in [4.78, 5) is 2.82. The summed E-state index contributed by atoms with van der Waals surface area (Å²) in [6.45, 7) is 4.03. The lowest BCUT2D eigenvalue weighted by atomic mass is 9.73. The molecule has 1 saturated carbocycles. The SMILES string of the molecule is C1=C[C@H]2C[C@H](C1)CC[C@@H](CN1CCC3(CCc4ccccc43)CC1)C2. The smallest absolute Gasteiger partial charge is 0.000988 e. The van der Waals surface area contributed by atoms with Crippen molar-refractivity contribution in [2.45, 2.75) is 63.2 Å². The predicted molar refractivity (Wildman–Crippen MR) is 105 cm³/mol. The molecule has 1 heterocycles. The Morgan fingerprint density at radius 1 is 1.00 bits per heavy atom. The van der Waals surface area contributed by atoms with Gasteiger partial charge in [0.05, 0.1) is 0 Å². The number of fused-ring (bicyclic) bond motifs is 4. The zero-order valence-electron chi connectivity index (χ0n) is 15.6. The van der Waals surface area contributed by atoms with E-state index < -0.39 is 0 Å². The molecule has 0 amide bonds. The van der Waals surface area contributed by atoms with Crippen LogP contribution in [0.15, 0.2) is 36.4 Å². The van der Waals surface area contributed by atoms with Gasteiger partial charge in [0.25, 0.3) is 0 Å². The van der Waals surface area contributed by atoms with Crippen molar-refractivity contribution in [2.24, 2.45) is 17.8 Å². The van der Waals surface area contributed by atoms with Gasteiger partial charge in [-0.15, -0.1) is 0 Å². The highest BCUT2D eigenvalue weighted by molar-refractivity contribution is 5.39. The standard InChI is InChI=1S/C24H33N/c1-2-7-23-22(6-1)10-11-24(23)12-14-25(15-13-24)18-21-9-8-19-4-3-5-20(16-19)17-21/h1-3,5-7,19-21H,4,8-18H2/t19-,20+,21-/m1/s1. The Morgan fingerprint density at radius 3 is 2.80 bits per heavy atom. The van der Waals surface area contributed by atoms with Crippen LogP contribution < -0.4 is 0 Å². The van der Waals surface area contributed by atoms with Crippen molar-refractivity contribution in [1.29, 1.82) is 0 Å². The average Bonchev–Trinajstić information content (AvgIpc) is 2.94. The van der Waals surface area contributed by atoms with Gasteiger partial charge in [-0.1, -0.05) is 36.4 Å². The average molecular weight is 336 g/mol. The van der Waals surface area contributed by atoms with Crippen LogP contribution in [0.25, 0.3) is 0 Å². The fourth-order valence-electron chi connectivity index (χ4n) is 6.47. The predicted octanol–water partition coefficient (Wildman–Crippen LogP) is 5.35. The third-order valence-electron chi connectivity index (χ3n) is 7.92. The van der Waals surface area contributed by atoms with Crippen molar-refractivity contribution in [2.75, 3.05) is 19.6 Å². The molecule has 0 aromatic heterocycles. The van der Waals surface area contributed by atoms with Gasteiger partial charge in [-0.2, -0.15) is 0 Å². The topological polar surface area (TPSA) is 3.24 Å². The molecule has 2 fully saturated rings. The first-order valence-corrected chi connectivity index (χ1v) is 10.8.